The van der Waals surface area contributed by atoms with E-state index in [0.717, 1.165) is 5.56 Å². The Morgan fingerprint density at radius 1 is 1.07 bits per heavy atom. The number of hydrogen-bond donors (Lipinski definition) is 3. The number of aromatic nitrogens is 2. The smallest absolute Gasteiger partial charge is 0.233 e. The van der Waals surface area contributed by atoms with Crippen LogP contribution in [0.25, 0.3) is 11.0 Å². The summed E-state index contributed by atoms with van der Waals surface area (Å²) in [7, 11) is -2.01. The van der Waals surface area contributed by atoms with Gasteiger partial charge >= 0.3 is 0 Å². The van der Waals surface area contributed by atoms with Gasteiger partial charge in [-0.25, -0.2) is 18.4 Å². The van der Waals surface area contributed by atoms with Crippen LogP contribution >= 0.6 is 0 Å². The molecular weight excluding hydrogens is 392 g/mol. The second kappa shape index (κ2) is 9.06. The summed E-state index contributed by atoms with van der Waals surface area (Å²) < 4.78 is 32.6. The fourth-order valence-corrected chi connectivity index (χ4v) is 3.95. The topological polar surface area (TPSA) is 113 Å². The zero-order valence-corrected chi connectivity index (χ0v) is 17.2. The van der Waals surface area contributed by atoms with Crippen molar-refractivity contribution in [3.63, 3.8) is 0 Å². The van der Waals surface area contributed by atoms with E-state index in [-0.39, 0.29) is 24.0 Å². The first-order chi connectivity index (χ1) is 14.0. The van der Waals surface area contributed by atoms with E-state index in [9.17, 15) is 8.42 Å². The van der Waals surface area contributed by atoms with Gasteiger partial charge in [0.2, 0.25) is 10.0 Å². The highest BCUT2D eigenvalue weighted by molar-refractivity contribution is 7.92. The van der Waals surface area contributed by atoms with Crippen LogP contribution in [0.1, 0.15) is 18.9 Å². The molecule has 0 saturated heterocycles. The van der Waals surface area contributed by atoms with Crippen LogP contribution in [0.5, 0.6) is 5.75 Å². The van der Waals surface area contributed by atoms with Gasteiger partial charge < -0.3 is 15.2 Å². The number of ether oxygens (including phenoxy) is 1. The highest BCUT2D eigenvalue weighted by Gasteiger charge is 2.17. The molecule has 3 aromatic rings. The van der Waals surface area contributed by atoms with Crippen molar-refractivity contribution in [3.05, 3.63) is 48.0 Å². The normalized spacial score (nSPS) is 11.4. The number of anilines is 3. The Kier molecular flexibility index (Phi) is 6.50. The molecule has 9 heteroatoms. The van der Waals surface area contributed by atoms with Gasteiger partial charge in [-0.2, -0.15) is 0 Å². The largest absolute Gasteiger partial charge is 0.495 e. The number of methoxy groups -OCH3 is 1. The van der Waals surface area contributed by atoms with Crippen LogP contribution in [0.4, 0.5) is 17.3 Å². The van der Waals surface area contributed by atoms with Gasteiger partial charge in [0.25, 0.3) is 0 Å². The third-order valence-corrected chi connectivity index (χ3v) is 5.67. The van der Waals surface area contributed by atoms with Crippen LogP contribution in [0, 0.1) is 0 Å². The number of fused-ring (bicyclic) bond motifs is 1. The van der Waals surface area contributed by atoms with Crippen LogP contribution in [-0.2, 0) is 16.4 Å². The van der Waals surface area contributed by atoms with Gasteiger partial charge in [0.05, 0.1) is 29.6 Å². The first-order valence-corrected chi connectivity index (χ1v) is 10.9. The number of hydrogen-bond acceptors (Lipinski definition) is 7. The monoisotopic (exact) mass is 416 g/mol. The van der Waals surface area contributed by atoms with E-state index in [1.807, 2.05) is 24.3 Å². The van der Waals surface area contributed by atoms with Gasteiger partial charge in [-0.05, 0) is 42.7 Å². The molecule has 0 radical (unpaired) electrons. The van der Waals surface area contributed by atoms with Crippen LogP contribution < -0.4 is 14.8 Å². The van der Waals surface area contributed by atoms with Gasteiger partial charge in [-0.15, -0.1) is 0 Å². The second-order valence-electron chi connectivity index (χ2n) is 6.46. The molecule has 2 aromatic carbocycles. The van der Waals surface area contributed by atoms with Crippen molar-refractivity contribution >= 4 is 38.4 Å². The fraction of sp³-hybridized carbons (Fsp3) is 0.300. The lowest BCUT2D eigenvalue weighted by molar-refractivity contribution is 0.299. The molecule has 0 spiro atoms. The minimum atomic E-state index is -3.55. The number of aliphatic hydroxyl groups is 1. The Hall–Kier alpha value is -2.91. The number of nitrogens with one attached hydrogen (secondary N) is 2. The van der Waals surface area contributed by atoms with E-state index >= 15 is 0 Å². The van der Waals surface area contributed by atoms with E-state index in [1.54, 1.807) is 32.2 Å². The lowest BCUT2D eigenvalue weighted by Gasteiger charge is -2.16. The zero-order chi connectivity index (χ0) is 20.9. The minimum absolute atomic E-state index is 0.0138. The number of rotatable bonds is 9. The highest BCUT2D eigenvalue weighted by atomic mass is 32.2. The molecule has 0 aliphatic carbocycles. The molecule has 3 N–H and O–H groups in total. The van der Waals surface area contributed by atoms with E-state index in [0.29, 0.717) is 35.3 Å². The number of aliphatic hydroxyl groups excluding tert-OH is 1. The fourth-order valence-electron chi connectivity index (χ4n) is 2.88. The summed E-state index contributed by atoms with van der Waals surface area (Å²) in [6, 6.07) is 12.7. The number of benzene rings is 2. The Labute approximate surface area is 170 Å². The van der Waals surface area contributed by atoms with Crippen molar-refractivity contribution in [1.82, 2.24) is 9.97 Å². The summed E-state index contributed by atoms with van der Waals surface area (Å²) in [5.41, 5.74) is 2.74. The van der Waals surface area contributed by atoms with E-state index in [2.05, 4.69) is 20.0 Å². The third-order valence-electron chi connectivity index (χ3n) is 4.22. The molecule has 1 heterocycles. The predicted molar refractivity (Wildman–Crippen MR) is 114 cm³/mol. The molecule has 8 nitrogen and oxygen atoms in total. The SMILES string of the molecule is CCCS(=O)(=O)Nc1nc2ccccc2nc1Nc1ccc(CCO)cc1OC. The lowest BCUT2D eigenvalue weighted by Crippen LogP contribution is -2.18. The average molecular weight is 417 g/mol. The molecule has 0 unspecified atom stereocenters. The highest BCUT2D eigenvalue weighted by Crippen LogP contribution is 2.32. The summed E-state index contributed by atoms with van der Waals surface area (Å²) in [4.78, 5) is 9.00. The van der Waals surface area contributed by atoms with E-state index < -0.39 is 10.0 Å². The summed E-state index contributed by atoms with van der Waals surface area (Å²) >= 11 is 0. The third kappa shape index (κ3) is 5.12. The van der Waals surface area contributed by atoms with Crippen molar-refractivity contribution in [2.75, 3.05) is 29.5 Å². The van der Waals surface area contributed by atoms with Crippen molar-refractivity contribution in [2.45, 2.75) is 19.8 Å². The van der Waals surface area contributed by atoms with E-state index in [4.69, 9.17) is 9.84 Å². The second-order valence-corrected chi connectivity index (χ2v) is 8.31. The van der Waals surface area contributed by atoms with Gasteiger partial charge in [-0.1, -0.05) is 25.1 Å². The van der Waals surface area contributed by atoms with Crippen LogP contribution in [0.3, 0.4) is 0 Å². The van der Waals surface area contributed by atoms with Gasteiger partial charge in [0.15, 0.2) is 11.6 Å². The van der Waals surface area contributed by atoms with Gasteiger partial charge in [0.1, 0.15) is 5.75 Å². The quantitative estimate of drug-likeness (QED) is 0.491. The Morgan fingerprint density at radius 2 is 1.76 bits per heavy atom. The molecule has 0 bridgehead atoms. The number of para-hydroxylation sites is 2. The molecule has 0 aliphatic rings. The molecule has 3 rings (SSSR count). The number of nitrogens with zero attached hydrogens (tertiary/aromatic N) is 2. The van der Waals surface area contributed by atoms with E-state index in [1.165, 1.54) is 0 Å². The molecule has 0 fully saturated rings. The molecule has 1 aromatic heterocycles. The molecule has 0 aliphatic heterocycles. The first-order valence-electron chi connectivity index (χ1n) is 9.28. The molecule has 0 atom stereocenters. The standard InChI is InChI=1S/C20H24N4O4S/c1-3-12-29(26,27)24-20-19(21-15-6-4-5-7-16(15)22-20)23-17-9-8-14(10-11-25)13-18(17)28-2/h4-9,13,25H,3,10-12H2,1-2H3,(H,21,23)(H,22,24). The minimum Gasteiger partial charge on any atom is -0.495 e. The van der Waals surface area contributed by atoms with Crippen LogP contribution in [0.15, 0.2) is 42.5 Å². The molecule has 154 valence electrons. The van der Waals surface area contributed by atoms with Gasteiger partial charge in [0, 0.05) is 6.61 Å². The molecule has 0 amide bonds. The first kappa shape index (κ1) is 20.8. The zero-order valence-electron chi connectivity index (χ0n) is 16.3. The average Bonchev–Trinajstić information content (AvgIpc) is 2.69. The molecular formula is C20H24N4O4S. The molecule has 0 saturated carbocycles. The van der Waals surface area contributed by atoms with Crippen molar-refractivity contribution in [1.29, 1.82) is 0 Å². The lowest BCUT2D eigenvalue weighted by atomic mass is 10.1. The predicted octanol–water partition coefficient (Wildman–Crippen LogP) is 3.07. The Balaban J connectivity index is 2.04. The maximum Gasteiger partial charge on any atom is 0.233 e. The summed E-state index contributed by atoms with van der Waals surface area (Å²) in [6.45, 7) is 1.83. The Bertz CT molecular complexity index is 1100. The summed E-state index contributed by atoms with van der Waals surface area (Å²) in [5, 5.41) is 12.3. The van der Waals surface area contributed by atoms with Crippen molar-refractivity contribution in [3.8, 4) is 5.75 Å². The van der Waals surface area contributed by atoms with Crippen LogP contribution in [-0.4, -0.2) is 43.0 Å². The maximum atomic E-state index is 12.3. The van der Waals surface area contributed by atoms with Gasteiger partial charge in [-0.3, -0.25) is 4.72 Å². The molecule has 29 heavy (non-hydrogen) atoms. The summed E-state index contributed by atoms with van der Waals surface area (Å²) in [5.74, 6) is 0.934. The van der Waals surface area contributed by atoms with Crippen molar-refractivity contribution < 1.29 is 18.3 Å². The summed E-state index contributed by atoms with van der Waals surface area (Å²) in [6.07, 6.45) is 0.994. The number of sulfonamides is 1. The van der Waals surface area contributed by atoms with Crippen LogP contribution in [0.2, 0.25) is 0 Å². The maximum absolute atomic E-state index is 12.3. The Morgan fingerprint density at radius 3 is 2.38 bits per heavy atom. The van der Waals surface area contributed by atoms with Crippen molar-refractivity contribution in [2.24, 2.45) is 0 Å².